The van der Waals surface area contributed by atoms with Crippen LogP contribution in [0.15, 0.2) is 33.8 Å². The average Bonchev–Trinajstić information content (AvgIpc) is 2.11. The Morgan fingerprint density at radius 3 is 2.36 bits per heavy atom. The van der Waals surface area contributed by atoms with Gasteiger partial charge < -0.3 is 0 Å². The fourth-order valence-electron chi connectivity index (χ4n) is 1.18. The summed E-state index contributed by atoms with van der Waals surface area (Å²) in [7, 11) is 0. The molecule has 0 amide bonds. The average molecular weight is 200 g/mol. The number of aliphatic imine (C=N–C) groups is 2. The van der Waals surface area contributed by atoms with Gasteiger partial charge >= 0.3 is 29.6 Å². The van der Waals surface area contributed by atoms with E-state index in [-0.39, 0.29) is 29.6 Å². The van der Waals surface area contributed by atoms with Crippen molar-refractivity contribution >= 4 is 41.7 Å². The van der Waals surface area contributed by atoms with Gasteiger partial charge in [0.1, 0.15) is 0 Å². The normalized spacial score (nSPS) is 23.6. The summed E-state index contributed by atoms with van der Waals surface area (Å²) in [6.07, 6.45) is 8.61. The van der Waals surface area contributed by atoms with Crippen molar-refractivity contribution in [2.75, 3.05) is 0 Å². The molecule has 0 bridgehead atoms. The first kappa shape index (κ1) is 13.2. The molecule has 0 saturated carbocycles. The minimum atomic E-state index is -1.09. The maximum atomic E-state index is 10.2. The number of carbonyl (C=O) groups excluding carboxylic acids is 2. The van der Waals surface area contributed by atoms with Crippen molar-refractivity contribution in [1.82, 2.24) is 0 Å². The first-order chi connectivity index (χ1) is 6.25. The van der Waals surface area contributed by atoms with Crippen LogP contribution in [0.25, 0.3) is 0 Å². The molecule has 0 aromatic rings. The molecule has 0 saturated heterocycles. The third-order valence-electron chi connectivity index (χ3n) is 1.98. The Morgan fingerprint density at radius 2 is 1.93 bits per heavy atom. The summed E-state index contributed by atoms with van der Waals surface area (Å²) in [5.74, 6) is 0. The van der Waals surface area contributed by atoms with Crippen LogP contribution < -0.4 is 0 Å². The zero-order valence-corrected chi connectivity index (χ0v) is 7.15. The summed E-state index contributed by atoms with van der Waals surface area (Å²) in [6.45, 7) is 1.76. The summed E-state index contributed by atoms with van der Waals surface area (Å²) >= 11 is 0. The Balaban J connectivity index is 0.00000169. The molecule has 0 fully saturated rings. The Hall–Kier alpha value is -0.760. The van der Waals surface area contributed by atoms with Gasteiger partial charge in [-0.15, -0.1) is 0 Å². The molecular formula is C9H9N2NaO2. The van der Waals surface area contributed by atoms with Crippen molar-refractivity contribution in [3.63, 3.8) is 0 Å². The van der Waals surface area contributed by atoms with Crippen molar-refractivity contribution in [3.05, 3.63) is 23.8 Å². The van der Waals surface area contributed by atoms with Gasteiger partial charge in [-0.1, -0.05) is 18.2 Å². The molecule has 0 aliphatic heterocycles. The summed E-state index contributed by atoms with van der Waals surface area (Å²) in [5.41, 5.74) is -0.347. The van der Waals surface area contributed by atoms with Gasteiger partial charge in [0.25, 0.3) is 0 Å². The van der Waals surface area contributed by atoms with E-state index in [1.807, 2.05) is 6.08 Å². The van der Waals surface area contributed by atoms with Crippen molar-refractivity contribution in [2.24, 2.45) is 9.98 Å². The second-order valence-electron chi connectivity index (χ2n) is 2.70. The molecule has 0 unspecified atom stereocenters. The summed E-state index contributed by atoms with van der Waals surface area (Å²) in [6, 6.07) is 0. The van der Waals surface area contributed by atoms with Crippen LogP contribution in [-0.4, -0.2) is 47.4 Å². The molecule has 5 heteroatoms. The quantitative estimate of drug-likeness (QED) is 0.372. The van der Waals surface area contributed by atoms with Crippen LogP contribution in [0.2, 0.25) is 0 Å². The van der Waals surface area contributed by atoms with Crippen molar-refractivity contribution < 1.29 is 9.59 Å². The van der Waals surface area contributed by atoms with Crippen LogP contribution in [0.4, 0.5) is 0 Å². The number of rotatable bonds is 2. The molecule has 0 spiro atoms. The van der Waals surface area contributed by atoms with Crippen molar-refractivity contribution in [3.8, 4) is 0 Å². The first-order valence-corrected chi connectivity index (χ1v) is 3.77. The molecule has 68 valence electrons. The van der Waals surface area contributed by atoms with Gasteiger partial charge in [-0.05, 0) is 12.5 Å². The predicted molar refractivity (Wildman–Crippen MR) is 53.6 cm³/mol. The van der Waals surface area contributed by atoms with Gasteiger partial charge in [-0.2, -0.15) is 9.98 Å². The Bertz CT molecular complexity index is 343. The fourth-order valence-corrected chi connectivity index (χ4v) is 1.18. The summed E-state index contributed by atoms with van der Waals surface area (Å²) in [4.78, 5) is 27.4. The third-order valence-corrected chi connectivity index (χ3v) is 1.98. The molecule has 4 nitrogen and oxygen atoms in total. The number of hydrogen-bond donors (Lipinski definition) is 0. The van der Waals surface area contributed by atoms with Gasteiger partial charge in [0.2, 0.25) is 12.2 Å². The van der Waals surface area contributed by atoms with E-state index in [4.69, 9.17) is 0 Å². The molecular weight excluding hydrogens is 191 g/mol. The number of hydrogen-bond acceptors (Lipinski definition) is 4. The zero-order chi connectivity index (χ0) is 9.73. The van der Waals surface area contributed by atoms with Gasteiger partial charge in [0.15, 0.2) is 5.66 Å². The van der Waals surface area contributed by atoms with E-state index in [0.29, 0.717) is 6.42 Å². The topological polar surface area (TPSA) is 58.9 Å². The monoisotopic (exact) mass is 200 g/mol. The van der Waals surface area contributed by atoms with Crippen molar-refractivity contribution in [1.29, 1.82) is 0 Å². The fraction of sp³-hybridized carbons (Fsp3) is 0.333. The van der Waals surface area contributed by atoms with Gasteiger partial charge in [0.05, 0.1) is 0 Å². The predicted octanol–water partition coefficient (Wildman–Crippen LogP) is 0.612. The van der Waals surface area contributed by atoms with E-state index in [9.17, 15) is 9.59 Å². The number of isocyanates is 2. The van der Waals surface area contributed by atoms with Crippen LogP contribution in [-0.2, 0) is 9.59 Å². The minimum absolute atomic E-state index is 0. The Labute approximate surface area is 104 Å². The van der Waals surface area contributed by atoms with E-state index in [0.717, 1.165) is 5.57 Å². The second kappa shape index (κ2) is 5.86. The van der Waals surface area contributed by atoms with Crippen LogP contribution in [0.3, 0.4) is 0 Å². The second-order valence-corrected chi connectivity index (χ2v) is 2.70. The molecule has 0 N–H and O–H groups in total. The molecule has 1 aliphatic rings. The summed E-state index contributed by atoms with van der Waals surface area (Å²) in [5, 5.41) is 0. The Morgan fingerprint density at radius 1 is 1.36 bits per heavy atom. The van der Waals surface area contributed by atoms with E-state index < -0.39 is 5.66 Å². The van der Waals surface area contributed by atoms with E-state index in [1.54, 1.807) is 19.1 Å². The van der Waals surface area contributed by atoms with Gasteiger partial charge in [-0.3, -0.25) is 0 Å². The van der Waals surface area contributed by atoms with Gasteiger partial charge in [0, 0.05) is 6.42 Å². The maximum absolute atomic E-state index is 10.2. The molecule has 0 aromatic heterocycles. The zero-order valence-electron chi connectivity index (χ0n) is 7.15. The molecule has 1 rings (SSSR count). The molecule has 14 heavy (non-hydrogen) atoms. The molecule has 0 radical (unpaired) electrons. The molecule has 0 heterocycles. The van der Waals surface area contributed by atoms with E-state index >= 15 is 0 Å². The van der Waals surface area contributed by atoms with Crippen LogP contribution >= 0.6 is 0 Å². The van der Waals surface area contributed by atoms with E-state index in [1.165, 1.54) is 12.2 Å². The van der Waals surface area contributed by atoms with E-state index in [2.05, 4.69) is 9.98 Å². The Kier molecular flexibility index (Phi) is 5.55. The summed E-state index contributed by atoms with van der Waals surface area (Å²) < 4.78 is 0. The number of nitrogens with zero attached hydrogens (tertiary/aromatic N) is 2. The SMILES string of the molecule is CC1=CC=CCC1(N=C=O)N=C=O.[NaH]. The standard InChI is InChI=1S/C9H8N2O2.Na.H/c1-8-4-2-3-5-9(8,10-6-12)11-7-13;;/h2-4H,5H2,1H3;;. The van der Waals surface area contributed by atoms with Gasteiger partial charge in [-0.25, -0.2) is 9.59 Å². The molecule has 0 atom stereocenters. The third kappa shape index (κ3) is 2.61. The first-order valence-electron chi connectivity index (χ1n) is 3.77. The van der Waals surface area contributed by atoms with Crippen LogP contribution in [0, 0.1) is 0 Å². The molecule has 1 aliphatic carbocycles. The van der Waals surface area contributed by atoms with Crippen molar-refractivity contribution in [2.45, 2.75) is 19.0 Å². The van der Waals surface area contributed by atoms with Crippen LogP contribution in [0.5, 0.6) is 0 Å². The van der Waals surface area contributed by atoms with Crippen LogP contribution in [0.1, 0.15) is 13.3 Å². The molecule has 0 aromatic carbocycles. The number of allylic oxidation sites excluding steroid dienone is 2.